The average molecular weight is 574 g/mol. The number of carbonyl (C=O) groups excluding carboxylic acids is 2. The van der Waals surface area contributed by atoms with Crippen molar-refractivity contribution in [1.82, 2.24) is 5.32 Å². The molecule has 0 saturated carbocycles. The zero-order chi connectivity index (χ0) is 27.2. The summed E-state index contributed by atoms with van der Waals surface area (Å²) in [6.45, 7) is 3.62. The standard InChI is InChI=1S/C27H22Cl2FN3O4S/c1-3-36-22-12-16(11-20(29)25(22)37-14-24(34)31-18-9-7-17(30)8-10-18)13-23-26(35)33-27(38-23)32-21-6-4-5-19(28)15(21)2/h4-13H,3,14H2,1-2H3,(H,31,34)(H,32,33,35)/b23-13+. The van der Waals surface area contributed by atoms with Gasteiger partial charge in [0.15, 0.2) is 23.3 Å². The summed E-state index contributed by atoms with van der Waals surface area (Å²) in [5.41, 5.74) is 2.50. The Morgan fingerprint density at radius 2 is 1.89 bits per heavy atom. The van der Waals surface area contributed by atoms with Crippen molar-refractivity contribution in [2.45, 2.75) is 13.8 Å². The maximum Gasteiger partial charge on any atom is 0.264 e. The normalized spacial score (nSPS) is 15.0. The lowest BCUT2D eigenvalue weighted by Crippen LogP contribution is -2.20. The van der Waals surface area contributed by atoms with Gasteiger partial charge in [0, 0.05) is 10.7 Å². The number of thioether (sulfide) groups is 1. The fraction of sp³-hybridized carbons (Fsp3) is 0.148. The Balaban J connectivity index is 1.50. The van der Waals surface area contributed by atoms with E-state index >= 15 is 0 Å². The van der Waals surface area contributed by atoms with Crippen LogP contribution in [0.1, 0.15) is 18.1 Å². The van der Waals surface area contributed by atoms with Crippen LogP contribution in [0.5, 0.6) is 11.5 Å². The van der Waals surface area contributed by atoms with Gasteiger partial charge in [-0.3, -0.25) is 9.59 Å². The molecule has 196 valence electrons. The quantitative estimate of drug-likeness (QED) is 0.291. The van der Waals surface area contributed by atoms with E-state index in [1.165, 1.54) is 36.0 Å². The molecule has 1 aliphatic rings. The average Bonchev–Trinajstić information content (AvgIpc) is 3.21. The van der Waals surface area contributed by atoms with Crippen molar-refractivity contribution in [3.8, 4) is 11.5 Å². The molecule has 0 unspecified atom stereocenters. The molecule has 2 amide bonds. The van der Waals surface area contributed by atoms with E-state index in [4.69, 9.17) is 32.7 Å². The Hall–Kier alpha value is -3.53. The highest BCUT2D eigenvalue weighted by atomic mass is 35.5. The maximum atomic E-state index is 13.1. The summed E-state index contributed by atoms with van der Waals surface area (Å²) in [5.74, 6) is -0.668. The molecule has 0 atom stereocenters. The van der Waals surface area contributed by atoms with E-state index in [1.54, 1.807) is 37.3 Å². The number of ether oxygens (including phenoxy) is 2. The number of hydrogen-bond donors (Lipinski definition) is 2. The van der Waals surface area contributed by atoms with E-state index in [2.05, 4.69) is 15.6 Å². The van der Waals surface area contributed by atoms with Crippen LogP contribution in [0.15, 0.2) is 64.5 Å². The molecule has 4 rings (SSSR count). The molecule has 0 aromatic heterocycles. The van der Waals surface area contributed by atoms with Gasteiger partial charge < -0.3 is 20.1 Å². The summed E-state index contributed by atoms with van der Waals surface area (Å²) in [6.07, 6.45) is 1.66. The van der Waals surface area contributed by atoms with E-state index < -0.39 is 11.7 Å². The van der Waals surface area contributed by atoms with Crippen LogP contribution >= 0.6 is 35.0 Å². The number of carbonyl (C=O) groups is 2. The van der Waals surface area contributed by atoms with Crippen molar-refractivity contribution in [2.75, 3.05) is 18.5 Å². The molecule has 1 heterocycles. The second-order valence-corrected chi connectivity index (χ2v) is 9.82. The van der Waals surface area contributed by atoms with Crippen molar-refractivity contribution in [1.29, 1.82) is 0 Å². The highest BCUT2D eigenvalue weighted by Crippen LogP contribution is 2.38. The summed E-state index contributed by atoms with van der Waals surface area (Å²) in [7, 11) is 0. The van der Waals surface area contributed by atoms with Gasteiger partial charge >= 0.3 is 0 Å². The van der Waals surface area contributed by atoms with Crippen LogP contribution < -0.4 is 20.1 Å². The van der Waals surface area contributed by atoms with E-state index in [1.807, 2.05) is 13.0 Å². The van der Waals surface area contributed by atoms with E-state index in [0.717, 1.165) is 5.56 Å². The summed E-state index contributed by atoms with van der Waals surface area (Å²) < 4.78 is 24.4. The number of benzene rings is 3. The topological polar surface area (TPSA) is 89.0 Å². The predicted octanol–water partition coefficient (Wildman–Crippen LogP) is 6.75. The molecule has 1 saturated heterocycles. The number of amides is 2. The van der Waals surface area contributed by atoms with E-state index in [9.17, 15) is 14.0 Å². The number of nitrogens with zero attached hydrogens (tertiary/aromatic N) is 1. The first-order valence-corrected chi connectivity index (χ1v) is 13.0. The predicted molar refractivity (Wildman–Crippen MR) is 150 cm³/mol. The lowest BCUT2D eigenvalue weighted by Gasteiger charge is -2.14. The largest absolute Gasteiger partial charge is 0.490 e. The number of halogens is 3. The lowest BCUT2D eigenvalue weighted by molar-refractivity contribution is -0.118. The number of rotatable bonds is 8. The van der Waals surface area contributed by atoms with Crippen molar-refractivity contribution in [3.63, 3.8) is 0 Å². The molecule has 0 radical (unpaired) electrons. The molecule has 0 bridgehead atoms. The van der Waals surface area contributed by atoms with Gasteiger partial charge in [-0.1, -0.05) is 29.3 Å². The third-order valence-corrected chi connectivity index (χ3v) is 6.82. The first-order chi connectivity index (χ1) is 18.2. The molecule has 3 aromatic rings. The Kier molecular flexibility index (Phi) is 8.93. The van der Waals surface area contributed by atoms with Crippen molar-refractivity contribution in [3.05, 3.63) is 86.5 Å². The molecule has 11 heteroatoms. The van der Waals surface area contributed by atoms with Crippen LogP contribution in [0, 0.1) is 12.7 Å². The fourth-order valence-electron chi connectivity index (χ4n) is 3.40. The Morgan fingerprint density at radius 1 is 1.13 bits per heavy atom. The van der Waals surface area contributed by atoms with E-state index in [0.29, 0.717) is 44.4 Å². The molecular formula is C27H22Cl2FN3O4S. The molecule has 38 heavy (non-hydrogen) atoms. The number of amidine groups is 1. The fourth-order valence-corrected chi connectivity index (χ4v) is 4.68. The molecule has 0 spiro atoms. The second kappa shape index (κ2) is 12.3. The van der Waals surface area contributed by atoms with Gasteiger partial charge in [0.05, 0.1) is 22.2 Å². The SMILES string of the molecule is CCOc1cc(/C=C2/SC(=Nc3cccc(Cl)c3C)NC2=O)cc(Cl)c1OCC(=O)Nc1ccc(F)cc1. The Bertz CT molecular complexity index is 1440. The molecule has 1 fully saturated rings. The first kappa shape index (κ1) is 27.5. The van der Waals surface area contributed by atoms with Gasteiger partial charge in [-0.15, -0.1) is 0 Å². The van der Waals surface area contributed by atoms with Gasteiger partial charge in [0.2, 0.25) is 0 Å². The number of nitrogens with one attached hydrogen (secondary N) is 2. The van der Waals surface area contributed by atoms with Crippen LogP contribution in [-0.4, -0.2) is 30.2 Å². The minimum atomic E-state index is -0.456. The lowest BCUT2D eigenvalue weighted by atomic mass is 10.2. The Morgan fingerprint density at radius 3 is 2.63 bits per heavy atom. The van der Waals surface area contributed by atoms with E-state index in [-0.39, 0.29) is 23.3 Å². The van der Waals surface area contributed by atoms with Crippen LogP contribution in [0.4, 0.5) is 15.8 Å². The van der Waals surface area contributed by atoms with Gasteiger partial charge in [-0.25, -0.2) is 9.38 Å². The smallest absolute Gasteiger partial charge is 0.264 e. The van der Waals surface area contributed by atoms with Gasteiger partial charge in [-0.05, 0) is 91.3 Å². The minimum absolute atomic E-state index is 0.187. The van der Waals surface area contributed by atoms with Crippen molar-refractivity contribution in [2.24, 2.45) is 4.99 Å². The number of hydrogen-bond acceptors (Lipinski definition) is 6. The van der Waals surface area contributed by atoms with Gasteiger partial charge in [0.25, 0.3) is 11.8 Å². The number of aliphatic imine (C=N–C) groups is 1. The minimum Gasteiger partial charge on any atom is -0.490 e. The number of anilines is 1. The third kappa shape index (κ3) is 6.86. The van der Waals surface area contributed by atoms with Crippen molar-refractivity contribution < 1.29 is 23.5 Å². The van der Waals surface area contributed by atoms with Crippen LogP contribution in [0.2, 0.25) is 10.0 Å². The molecular weight excluding hydrogens is 552 g/mol. The monoisotopic (exact) mass is 573 g/mol. The van der Waals surface area contributed by atoms with Gasteiger partial charge in [-0.2, -0.15) is 0 Å². The summed E-state index contributed by atoms with van der Waals surface area (Å²) in [5, 5.41) is 6.57. The Labute approximate surface area is 233 Å². The van der Waals surface area contributed by atoms with Crippen LogP contribution in [-0.2, 0) is 9.59 Å². The second-order valence-electron chi connectivity index (χ2n) is 7.97. The van der Waals surface area contributed by atoms with Crippen molar-refractivity contribution >= 4 is 69.4 Å². The summed E-state index contributed by atoms with van der Waals surface area (Å²) in [4.78, 5) is 29.8. The highest BCUT2D eigenvalue weighted by molar-refractivity contribution is 8.18. The summed E-state index contributed by atoms with van der Waals surface area (Å²) in [6, 6.07) is 14.0. The molecule has 1 aliphatic heterocycles. The highest BCUT2D eigenvalue weighted by Gasteiger charge is 2.25. The first-order valence-electron chi connectivity index (χ1n) is 11.4. The molecule has 2 N–H and O–H groups in total. The van der Waals surface area contributed by atoms with Crippen LogP contribution in [0.25, 0.3) is 6.08 Å². The molecule has 3 aromatic carbocycles. The van der Waals surface area contributed by atoms with Gasteiger partial charge in [0.1, 0.15) is 5.82 Å². The summed E-state index contributed by atoms with van der Waals surface area (Å²) >= 11 is 13.8. The zero-order valence-corrected chi connectivity index (χ0v) is 22.6. The van der Waals surface area contributed by atoms with Crippen LogP contribution in [0.3, 0.4) is 0 Å². The zero-order valence-electron chi connectivity index (χ0n) is 20.3. The molecule has 0 aliphatic carbocycles. The molecule has 7 nitrogen and oxygen atoms in total. The third-order valence-electron chi connectivity index (χ3n) is 5.22. The maximum absolute atomic E-state index is 13.1.